The number of aliphatic hydroxyl groups excluding tert-OH is 1. The zero-order valence-corrected chi connectivity index (χ0v) is 23.0. The van der Waals surface area contributed by atoms with E-state index in [9.17, 15) is 39.9 Å². The SMILES string of the molecule is CC[C@@]1(O)CC(O[C@H]2C[C@H](NC)[C@H](O)[C@H](C)O2)c2c(O)c3c(c(O)c2[C@H]1C(=O)OC)C(=O)c1cccc(O)c1C3=O. The predicted molar refractivity (Wildman–Crippen MR) is 141 cm³/mol. The van der Waals surface area contributed by atoms with Gasteiger partial charge in [0.15, 0.2) is 12.1 Å². The molecule has 220 valence electrons. The average molecular weight is 572 g/mol. The van der Waals surface area contributed by atoms with Crippen molar-refractivity contribution >= 4 is 17.5 Å². The maximum atomic E-state index is 13.6. The molecular weight excluding hydrogens is 538 g/mol. The van der Waals surface area contributed by atoms with Crippen LogP contribution in [0.1, 0.15) is 88.1 Å². The molecule has 2 aliphatic carbocycles. The molecule has 12 heteroatoms. The maximum Gasteiger partial charge on any atom is 0.316 e. The molecule has 5 rings (SSSR count). The number of carbonyl (C=O) groups is 3. The number of fused-ring (bicyclic) bond motifs is 3. The minimum atomic E-state index is -1.86. The van der Waals surface area contributed by atoms with Gasteiger partial charge in [0.05, 0.1) is 47.7 Å². The van der Waals surface area contributed by atoms with Gasteiger partial charge in [0, 0.05) is 35.6 Å². The van der Waals surface area contributed by atoms with Crippen LogP contribution in [0.4, 0.5) is 0 Å². The Labute approximate surface area is 235 Å². The topological polar surface area (TPSA) is 192 Å². The molecule has 0 aromatic heterocycles. The van der Waals surface area contributed by atoms with Crippen LogP contribution in [0.5, 0.6) is 17.2 Å². The summed E-state index contributed by atoms with van der Waals surface area (Å²) >= 11 is 0. The van der Waals surface area contributed by atoms with Crippen molar-refractivity contribution in [2.24, 2.45) is 0 Å². The molecule has 2 aromatic carbocycles. The monoisotopic (exact) mass is 571 g/mol. The molecule has 12 nitrogen and oxygen atoms in total. The zero-order valence-electron chi connectivity index (χ0n) is 23.0. The lowest BCUT2D eigenvalue weighted by atomic mass is 9.66. The van der Waals surface area contributed by atoms with Crippen LogP contribution in [0.3, 0.4) is 0 Å². The van der Waals surface area contributed by atoms with Gasteiger partial charge in [0.1, 0.15) is 23.2 Å². The number of ether oxygens (including phenoxy) is 3. The van der Waals surface area contributed by atoms with Crippen LogP contribution >= 0.6 is 0 Å². The molecule has 1 heterocycles. The first-order valence-corrected chi connectivity index (χ1v) is 13.4. The van der Waals surface area contributed by atoms with E-state index in [-0.39, 0.29) is 41.5 Å². The number of esters is 1. The molecule has 6 N–H and O–H groups in total. The van der Waals surface area contributed by atoms with Crippen LogP contribution in [0, 0.1) is 0 Å². The Bertz CT molecular complexity index is 1440. The number of benzene rings is 2. The van der Waals surface area contributed by atoms with Gasteiger partial charge in [-0.25, -0.2) is 0 Å². The number of ketones is 2. The second-order valence-electron chi connectivity index (χ2n) is 10.8. The highest BCUT2D eigenvalue weighted by Crippen LogP contribution is 2.57. The van der Waals surface area contributed by atoms with Crippen molar-refractivity contribution in [2.45, 2.75) is 75.3 Å². The standard InChI is InChI=1S/C29H33NO11/c1-5-29(38)10-15(41-16-9-13(30-3)23(32)11(2)40-16)18-19(22(29)28(37)39-4)27(36)20-21(26(18)35)25(34)17-12(24(20)33)7-6-8-14(17)31/h6-8,11,13,15-16,22-23,30-32,35-36,38H,5,9-10H2,1-4H3/t11-,13-,15?,16-,22-,23+,29+/m0/s1. The van der Waals surface area contributed by atoms with E-state index >= 15 is 0 Å². The molecule has 41 heavy (non-hydrogen) atoms. The smallest absolute Gasteiger partial charge is 0.316 e. The molecule has 7 atom stereocenters. The van der Waals surface area contributed by atoms with Crippen molar-refractivity contribution in [3.63, 3.8) is 0 Å². The highest BCUT2D eigenvalue weighted by molar-refractivity contribution is 6.31. The first-order chi connectivity index (χ1) is 19.4. The Kier molecular flexibility index (Phi) is 7.33. The molecule has 2 aromatic rings. The van der Waals surface area contributed by atoms with Crippen molar-refractivity contribution in [3.8, 4) is 17.2 Å². The van der Waals surface area contributed by atoms with Gasteiger partial charge in [0.25, 0.3) is 0 Å². The van der Waals surface area contributed by atoms with Crippen LogP contribution in [-0.2, 0) is 19.0 Å². The van der Waals surface area contributed by atoms with Gasteiger partial charge >= 0.3 is 5.97 Å². The van der Waals surface area contributed by atoms with Crippen LogP contribution < -0.4 is 5.32 Å². The minimum absolute atomic E-state index is 0.00722. The lowest BCUT2D eigenvalue weighted by Crippen LogP contribution is -2.53. The second-order valence-corrected chi connectivity index (χ2v) is 10.8. The fourth-order valence-corrected chi connectivity index (χ4v) is 6.39. The highest BCUT2D eigenvalue weighted by Gasteiger charge is 2.55. The number of methoxy groups -OCH3 is 1. The van der Waals surface area contributed by atoms with Crippen LogP contribution in [0.15, 0.2) is 18.2 Å². The van der Waals surface area contributed by atoms with Gasteiger partial charge in [-0.15, -0.1) is 0 Å². The lowest BCUT2D eigenvalue weighted by Gasteiger charge is -2.45. The highest BCUT2D eigenvalue weighted by atomic mass is 16.7. The number of aliphatic hydroxyl groups is 2. The van der Waals surface area contributed by atoms with Gasteiger partial charge in [-0.2, -0.15) is 0 Å². The number of rotatable bonds is 5. The molecule has 1 unspecified atom stereocenters. The number of hydrogen-bond acceptors (Lipinski definition) is 12. The second kappa shape index (κ2) is 10.4. The first kappa shape index (κ1) is 29.0. The number of phenols is 3. The fraction of sp³-hybridized carbons (Fsp3) is 0.483. The first-order valence-electron chi connectivity index (χ1n) is 13.4. The summed E-state index contributed by atoms with van der Waals surface area (Å²) in [5.74, 6) is -6.24. The number of nitrogens with one attached hydrogen (secondary N) is 1. The Hall–Kier alpha value is -3.55. The van der Waals surface area contributed by atoms with Crippen LogP contribution in [0.25, 0.3) is 0 Å². The zero-order chi connectivity index (χ0) is 30.0. The van der Waals surface area contributed by atoms with Crippen molar-refractivity contribution in [1.29, 1.82) is 0 Å². The average Bonchev–Trinajstić information content (AvgIpc) is 2.94. The van der Waals surface area contributed by atoms with E-state index in [4.69, 9.17) is 14.2 Å². The third-order valence-electron chi connectivity index (χ3n) is 8.62. The summed E-state index contributed by atoms with van der Waals surface area (Å²) in [6, 6.07) is 3.47. The van der Waals surface area contributed by atoms with Gasteiger partial charge in [-0.1, -0.05) is 19.1 Å². The van der Waals surface area contributed by atoms with E-state index in [0.29, 0.717) is 0 Å². The van der Waals surface area contributed by atoms with Crippen molar-refractivity contribution in [3.05, 3.63) is 51.6 Å². The summed E-state index contributed by atoms with van der Waals surface area (Å²) < 4.78 is 17.1. The summed E-state index contributed by atoms with van der Waals surface area (Å²) in [6.07, 6.45) is -3.78. The summed E-state index contributed by atoms with van der Waals surface area (Å²) in [6.45, 7) is 3.27. The van der Waals surface area contributed by atoms with Crippen molar-refractivity contribution in [2.75, 3.05) is 14.2 Å². The van der Waals surface area contributed by atoms with Crippen molar-refractivity contribution < 1.29 is 54.1 Å². The third-order valence-corrected chi connectivity index (χ3v) is 8.62. The Balaban J connectivity index is 1.74. The summed E-state index contributed by atoms with van der Waals surface area (Å²) in [4.78, 5) is 40.3. The molecule has 0 radical (unpaired) electrons. The van der Waals surface area contributed by atoms with E-state index in [1.807, 2.05) is 0 Å². The van der Waals surface area contributed by atoms with E-state index in [1.54, 1.807) is 20.9 Å². The van der Waals surface area contributed by atoms with Gasteiger partial charge in [-0.05, 0) is 26.5 Å². The number of hydrogen-bond donors (Lipinski definition) is 6. The molecular formula is C29H33NO11. The van der Waals surface area contributed by atoms with E-state index < -0.39 is 88.1 Å². The van der Waals surface area contributed by atoms with Crippen molar-refractivity contribution in [1.82, 2.24) is 5.32 Å². The van der Waals surface area contributed by atoms with E-state index in [2.05, 4.69) is 5.32 Å². The van der Waals surface area contributed by atoms with E-state index in [0.717, 1.165) is 7.11 Å². The number of carbonyl (C=O) groups excluding carboxylic acids is 3. The van der Waals surface area contributed by atoms with Crippen LogP contribution in [0.2, 0.25) is 0 Å². The summed E-state index contributed by atoms with van der Waals surface area (Å²) in [7, 11) is 2.77. The largest absolute Gasteiger partial charge is 0.507 e. The molecule has 0 spiro atoms. The molecule has 1 aliphatic heterocycles. The Morgan fingerprint density at radius 3 is 2.39 bits per heavy atom. The maximum absolute atomic E-state index is 13.6. The molecule has 0 amide bonds. The van der Waals surface area contributed by atoms with E-state index in [1.165, 1.54) is 18.2 Å². The van der Waals surface area contributed by atoms with Gasteiger partial charge in [0.2, 0.25) is 5.78 Å². The summed E-state index contributed by atoms with van der Waals surface area (Å²) in [5, 5.41) is 58.9. The van der Waals surface area contributed by atoms with Crippen LogP contribution in [-0.4, -0.2) is 87.4 Å². The lowest BCUT2D eigenvalue weighted by molar-refractivity contribution is -0.251. The number of aromatic hydroxyl groups is 3. The Morgan fingerprint density at radius 2 is 1.76 bits per heavy atom. The predicted octanol–water partition coefficient (Wildman–Crippen LogP) is 1.52. The summed E-state index contributed by atoms with van der Waals surface area (Å²) in [5.41, 5.74) is -3.98. The quantitative estimate of drug-likeness (QED) is 0.191. The fourth-order valence-electron chi connectivity index (χ4n) is 6.39. The number of phenolic OH excluding ortho intramolecular Hbond substituents is 3. The molecule has 0 bridgehead atoms. The minimum Gasteiger partial charge on any atom is -0.507 e. The third kappa shape index (κ3) is 4.29. The van der Waals surface area contributed by atoms with Gasteiger partial charge < -0.3 is 45.1 Å². The Morgan fingerprint density at radius 1 is 1.10 bits per heavy atom. The number of likely N-dealkylation sites (N-methyl/N-ethyl adjacent to an activating group) is 1. The molecule has 3 aliphatic rings. The molecule has 1 saturated heterocycles. The normalized spacial score (nSPS) is 30.8. The molecule has 0 saturated carbocycles. The molecule has 1 fully saturated rings. The van der Waals surface area contributed by atoms with Gasteiger partial charge in [-0.3, -0.25) is 14.4 Å².